The fourth-order valence-electron chi connectivity index (χ4n) is 9.79. The molecule has 3 heteroatoms. The van der Waals surface area contributed by atoms with Gasteiger partial charge in [-0.3, -0.25) is 4.79 Å². The predicted molar refractivity (Wildman–Crippen MR) is 192 cm³/mol. The van der Waals surface area contributed by atoms with Crippen molar-refractivity contribution in [2.24, 2.45) is 39.9 Å². The highest BCUT2D eigenvalue weighted by molar-refractivity contribution is 5.91. The summed E-state index contributed by atoms with van der Waals surface area (Å²) in [5, 5.41) is 3.03. The summed E-state index contributed by atoms with van der Waals surface area (Å²) in [5.74, 6) is 3.45. The van der Waals surface area contributed by atoms with Crippen LogP contribution in [-0.4, -0.2) is 12.0 Å². The van der Waals surface area contributed by atoms with Gasteiger partial charge in [0.1, 0.15) is 0 Å². The molecule has 252 valence electrons. The molecule has 0 heterocycles. The van der Waals surface area contributed by atoms with Crippen LogP contribution < -0.4 is 5.32 Å². The summed E-state index contributed by atoms with van der Waals surface area (Å²) in [5.41, 5.74) is 8.12. The van der Waals surface area contributed by atoms with Crippen LogP contribution in [-0.2, 0) is 16.1 Å². The van der Waals surface area contributed by atoms with Gasteiger partial charge in [0.05, 0.1) is 12.7 Å². The maximum Gasteiger partial charge on any atom is 0.224 e. The second kappa shape index (κ2) is 14.9. The molecule has 1 N–H and O–H groups in total. The molecule has 4 aliphatic rings. The van der Waals surface area contributed by atoms with Crippen LogP contribution in [0.2, 0.25) is 0 Å². The highest BCUT2D eigenvalue weighted by Gasteiger charge is 2.57. The molecular formula is C42H67NO2. The number of fused-ring (bicyclic) bond motifs is 5. The molecule has 6 unspecified atom stereocenters. The van der Waals surface area contributed by atoms with E-state index < -0.39 is 0 Å². The van der Waals surface area contributed by atoms with Crippen molar-refractivity contribution in [2.45, 2.75) is 159 Å². The molecule has 0 radical (unpaired) electrons. The molecule has 3 saturated carbocycles. The van der Waals surface area contributed by atoms with Crippen molar-refractivity contribution in [3.05, 3.63) is 52.6 Å². The fraction of sp³-hybridized carbons (Fsp3) is 0.738. The number of hydrogen-bond donors (Lipinski definition) is 1. The molecule has 0 bridgehead atoms. The Balaban J connectivity index is 0.00000226. The Morgan fingerprint density at radius 2 is 1.67 bits per heavy atom. The number of carbonyl (C=O) groups excluding carboxylic acids is 1. The smallest absolute Gasteiger partial charge is 0.224 e. The first-order chi connectivity index (χ1) is 21.3. The number of rotatable bonds is 9. The van der Waals surface area contributed by atoms with Crippen LogP contribution in [0.5, 0.6) is 0 Å². The van der Waals surface area contributed by atoms with Crippen LogP contribution in [0.25, 0.3) is 0 Å². The molecule has 1 aromatic carbocycles. The quantitative estimate of drug-likeness (QED) is 0.280. The van der Waals surface area contributed by atoms with E-state index in [0.29, 0.717) is 30.0 Å². The first-order valence-corrected chi connectivity index (χ1v) is 18.7. The Morgan fingerprint density at radius 1 is 1.00 bits per heavy atom. The monoisotopic (exact) mass is 618 g/mol. The molecule has 0 aliphatic heterocycles. The largest absolute Gasteiger partial charge is 0.373 e. The van der Waals surface area contributed by atoms with Crippen molar-refractivity contribution in [1.29, 1.82) is 0 Å². The third-order valence-electron chi connectivity index (χ3n) is 12.1. The fourth-order valence-corrected chi connectivity index (χ4v) is 9.79. The van der Waals surface area contributed by atoms with Crippen molar-refractivity contribution in [2.75, 3.05) is 5.32 Å². The zero-order valence-corrected chi connectivity index (χ0v) is 30.8. The van der Waals surface area contributed by atoms with E-state index in [4.69, 9.17) is 4.74 Å². The average Bonchev–Trinajstić information content (AvgIpc) is 3.34. The lowest BCUT2D eigenvalue weighted by Crippen LogP contribution is -2.49. The summed E-state index contributed by atoms with van der Waals surface area (Å²) < 4.78 is 6.52. The average molecular weight is 618 g/mol. The van der Waals surface area contributed by atoms with E-state index in [0.717, 1.165) is 35.8 Å². The van der Waals surface area contributed by atoms with Crippen molar-refractivity contribution >= 4 is 11.6 Å². The van der Waals surface area contributed by atoms with Gasteiger partial charge in [-0.2, -0.15) is 0 Å². The Morgan fingerprint density at radius 3 is 2.33 bits per heavy atom. The Kier molecular flexibility index (Phi) is 11.9. The van der Waals surface area contributed by atoms with E-state index in [1.807, 2.05) is 31.6 Å². The molecule has 0 aromatic heterocycles. The summed E-state index contributed by atoms with van der Waals surface area (Å²) in [7, 11) is 0. The lowest BCUT2D eigenvalue weighted by molar-refractivity contribution is -0.117. The van der Waals surface area contributed by atoms with Crippen LogP contribution in [0.1, 0.15) is 152 Å². The molecule has 1 amide bonds. The normalized spacial score (nSPS) is 32.0. The van der Waals surface area contributed by atoms with E-state index in [9.17, 15) is 4.79 Å². The zero-order chi connectivity index (χ0) is 33.0. The molecule has 0 saturated heterocycles. The van der Waals surface area contributed by atoms with E-state index in [1.165, 1.54) is 69.8 Å². The van der Waals surface area contributed by atoms with E-state index in [2.05, 4.69) is 78.9 Å². The summed E-state index contributed by atoms with van der Waals surface area (Å²) in [4.78, 5) is 12.3. The van der Waals surface area contributed by atoms with Crippen molar-refractivity contribution in [3.8, 4) is 0 Å². The minimum absolute atomic E-state index is 0.0106. The minimum atomic E-state index is -0.0106. The Labute approximate surface area is 277 Å². The van der Waals surface area contributed by atoms with Gasteiger partial charge < -0.3 is 10.1 Å². The highest BCUT2D eigenvalue weighted by Crippen LogP contribution is 2.66. The van der Waals surface area contributed by atoms with Gasteiger partial charge in [-0.25, -0.2) is 0 Å². The molecule has 0 spiro atoms. The lowest BCUT2D eigenvalue weighted by atomic mass is 9.47. The van der Waals surface area contributed by atoms with E-state index in [1.54, 1.807) is 11.1 Å². The molecule has 1 aromatic rings. The molecule has 3 fully saturated rings. The Bertz CT molecular complexity index is 1200. The zero-order valence-electron chi connectivity index (χ0n) is 30.8. The number of hydrogen-bond acceptors (Lipinski definition) is 2. The second-order valence-corrected chi connectivity index (χ2v) is 17.0. The maximum absolute atomic E-state index is 12.3. The number of amides is 1. The van der Waals surface area contributed by atoms with E-state index in [-0.39, 0.29) is 11.3 Å². The summed E-state index contributed by atoms with van der Waals surface area (Å²) in [6.45, 7) is 23.4. The number of nitrogens with one attached hydrogen (secondary N) is 1. The van der Waals surface area contributed by atoms with E-state index >= 15 is 0 Å². The van der Waals surface area contributed by atoms with Gasteiger partial charge in [-0.05, 0) is 129 Å². The molecular weight excluding hydrogens is 550 g/mol. The van der Waals surface area contributed by atoms with Crippen molar-refractivity contribution < 1.29 is 9.53 Å². The topological polar surface area (TPSA) is 38.3 Å². The molecule has 4 aliphatic carbocycles. The van der Waals surface area contributed by atoms with Crippen LogP contribution in [0.4, 0.5) is 5.69 Å². The third kappa shape index (κ3) is 8.35. The summed E-state index contributed by atoms with van der Waals surface area (Å²) in [6, 6.07) is 8.21. The number of carbonyl (C=O) groups is 1. The van der Waals surface area contributed by atoms with Gasteiger partial charge in [0, 0.05) is 12.1 Å². The number of anilines is 1. The third-order valence-corrected chi connectivity index (χ3v) is 12.1. The van der Waals surface area contributed by atoms with Gasteiger partial charge in [0.25, 0.3) is 0 Å². The van der Waals surface area contributed by atoms with Gasteiger partial charge in [0.15, 0.2) is 0 Å². The number of benzene rings is 1. The predicted octanol–water partition coefficient (Wildman–Crippen LogP) is 12.1. The van der Waals surface area contributed by atoms with Crippen LogP contribution >= 0.6 is 0 Å². The first kappa shape index (κ1) is 36.0. The number of ether oxygens (including phenoxy) is 1. The molecule has 3 nitrogen and oxygen atoms in total. The van der Waals surface area contributed by atoms with Gasteiger partial charge in [0.2, 0.25) is 5.91 Å². The number of allylic oxidation sites excluding steroid dienone is 3. The summed E-state index contributed by atoms with van der Waals surface area (Å²) >= 11 is 0. The maximum atomic E-state index is 12.3. The lowest BCUT2D eigenvalue weighted by Gasteiger charge is -2.57. The SMILES string of the molecule is C/C(CCCC(C)C)=C1/CCC2C3CC=C4CC(OCc5ccc(NC(=O)CC(C)(C)C)cc5)CCC4(C)C3CCC12C.CC. The van der Waals surface area contributed by atoms with Crippen LogP contribution in [0, 0.1) is 39.9 Å². The van der Waals surface area contributed by atoms with Crippen LogP contribution in [0.15, 0.2) is 47.1 Å². The second-order valence-electron chi connectivity index (χ2n) is 17.0. The Hall–Kier alpha value is -1.87. The standard InChI is InChI=1S/C40H61NO2.C2H6/c1-27(2)10-9-11-28(3)34-18-19-35-33-17-14-30-24-32(20-22-39(30,7)36(33)21-23-40(34,35)8)43-26-29-12-15-31(16-13-29)41-37(42)25-38(4,5)6;1-2/h12-16,27,32-33,35-36H,9-11,17-26H2,1-8H3,(H,41,42);1-2H3/b34-28+;. The van der Waals surface area contributed by atoms with Gasteiger partial charge in [-0.1, -0.05) is 104 Å². The minimum Gasteiger partial charge on any atom is -0.373 e. The molecule has 6 atom stereocenters. The van der Waals surface area contributed by atoms with Gasteiger partial charge in [-0.15, -0.1) is 0 Å². The first-order valence-electron chi connectivity index (χ1n) is 18.7. The van der Waals surface area contributed by atoms with Crippen molar-refractivity contribution in [1.82, 2.24) is 0 Å². The van der Waals surface area contributed by atoms with Crippen molar-refractivity contribution in [3.63, 3.8) is 0 Å². The van der Waals surface area contributed by atoms with Gasteiger partial charge >= 0.3 is 0 Å². The summed E-state index contributed by atoms with van der Waals surface area (Å²) in [6.07, 6.45) is 17.9. The molecule has 5 rings (SSSR count). The van der Waals surface area contributed by atoms with Crippen LogP contribution in [0.3, 0.4) is 0 Å². The molecule has 45 heavy (non-hydrogen) atoms. The highest BCUT2D eigenvalue weighted by atomic mass is 16.5.